The van der Waals surface area contributed by atoms with Crippen LogP contribution in [0.25, 0.3) is 0 Å². The molecule has 0 bridgehead atoms. The molecular formula is C17H18FNO5S. The third kappa shape index (κ3) is 5.35. The third-order valence-electron chi connectivity index (χ3n) is 3.66. The molecule has 25 heavy (non-hydrogen) atoms. The minimum atomic E-state index is -4.71. The molecule has 2 unspecified atom stereocenters. The van der Waals surface area contributed by atoms with Gasteiger partial charge < -0.3 is 10.5 Å². The Morgan fingerprint density at radius 3 is 2.32 bits per heavy atom. The molecule has 0 saturated carbocycles. The zero-order valence-electron chi connectivity index (χ0n) is 13.2. The second kappa shape index (κ2) is 8.19. The van der Waals surface area contributed by atoms with E-state index in [1.807, 2.05) is 0 Å². The summed E-state index contributed by atoms with van der Waals surface area (Å²) in [7, 11) is -4.71. The van der Waals surface area contributed by atoms with Gasteiger partial charge in [-0.1, -0.05) is 48.5 Å². The molecule has 2 aromatic rings. The second-order valence-corrected chi connectivity index (χ2v) is 7.05. The first-order chi connectivity index (χ1) is 11.8. The van der Waals surface area contributed by atoms with E-state index in [2.05, 4.69) is 0 Å². The fourth-order valence-electron chi connectivity index (χ4n) is 2.28. The van der Waals surface area contributed by atoms with Crippen LogP contribution in [-0.2, 0) is 32.7 Å². The molecule has 134 valence electrons. The Hall–Kier alpha value is -2.29. The molecule has 0 saturated heterocycles. The van der Waals surface area contributed by atoms with E-state index in [1.54, 1.807) is 36.4 Å². The highest BCUT2D eigenvalue weighted by Gasteiger charge is 2.36. The van der Waals surface area contributed by atoms with Crippen LogP contribution in [-0.4, -0.2) is 24.3 Å². The van der Waals surface area contributed by atoms with Gasteiger partial charge in [-0.2, -0.15) is 8.42 Å². The van der Waals surface area contributed by atoms with E-state index in [0.29, 0.717) is 5.56 Å². The molecule has 0 aliphatic rings. The van der Waals surface area contributed by atoms with Gasteiger partial charge in [0, 0.05) is 0 Å². The first-order valence-corrected chi connectivity index (χ1v) is 8.95. The predicted octanol–water partition coefficient (Wildman–Crippen LogP) is 1.90. The Kier molecular flexibility index (Phi) is 6.24. The molecule has 0 aliphatic heterocycles. The van der Waals surface area contributed by atoms with Crippen molar-refractivity contribution in [1.29, 1.82) is 0 Å². The van der Waals surface area contributed by atoms with Gasteiger partial charge in [-0.25, -0.2) is 4.39 Å². The van der Waals surface area contributed by atoms with E-state index < -0.39 is 33.2 Å². The minimum absolute atomic E-state index is 0.0916. The molecule has 8 heteroatoms. The van der Waals surface area contributed by atoms with Crippen LogP contribution in [0.15, 0.2) is 54.6 Å². The maximum Gasteiger partial charge on any atom is 0.312 e. The first-order valence-electron chi connectivity index (χ1n) is 7.45. The summed E-state index contributed by atoms with van der Waals surface area (Å²) in [6.45, 7) is -0.0916. The number of hydrogen-bond donors (Lipinski definition) is 2. The number of hydrogen-bond acceptors (Lipinski definition) is 5. The van der Waals surface area contributed by atoms with E-state index in [-0.39, 0.29) is 18.6 Å². The second-order valence-electron chi connectivity index (χ2n) is 5.47. The van der Waals surface area contributed by atoms with E-state index in [0.717, 1.165) is 0 Å². The molecule has 0 aliphatic carbocycles. The number of esters is 1. The van der Waals surface area contributed by atoms with E-state index in [4.69, 9.17) is 10.5 Å². The highest BCUT2D eigenvalue weighted by Crippen LogP contribution is 2.19. The van der Waals surface area contributed by atoms with Gasteiger partial charge in [-0.3, -0.25) is 9.35 Å². The lowest BCUT2D eigenvalue weighted by Gasteiger charge is -2.20. The maximum atomic E-state index is 13.8. The Bertz CT molecular complexity index is 826. The van der Waals surface area contributed by atoms with Gasteiger partial charge in [0.05, 0.1) is 5.92 Å². The van der Waals surface area contributed by atoms with Gasteiger partial charge in [0.25, 0.3) is 10.1 Å². The van der Waals surface area contributed by atoms with Crippen LogP contribution in [0.5, 0.6) is 0 Å². The largest absolute Gasteiger partial charge is 0.461 e. The third-order valence-corrected chi connectivity index (χ3v) is 4.68. The molecule has 3 N–H and O–H groups in total. The quantitative estimate of drug-likeness (QED) is 0.572. The van der Waals surface area contributed by atoms with Crippen LogP contribution in [0.3, 0.4) is 0 Å². The van der Waals surface area contributed by atoms with Gasteiger partial charge in [0.2, 0.25) is 0 Å². The first kappa shape index (κ1) is 19.0. The fraction of sp³-hybridized carbons (Fsp3) is 0.235. The van der Waals surface area contributed by atoms with Crippen molar-refractivity contribution in [2.45, 2.75) is 18.4 Å². The van der Waals surface area contributed by atoms with Crippen molar-refractivity contribution in [3.8, 4) is 0 Å². The van der Waals surface area contributed by atoms with E-state index >= 15 is 0 Å². The summed E-state index contributed by atoms with van der Waals surface area (Å²) in [4.78, 5) is 12.3. The van der Waals surface area contributed by atoms with Crippen LogP contribution in [0.4, 0.5) is 4.39 Å². The molecule has 0 radical (unpaired) electrons. The number of benzene rings is 2. The highest BCUT2D eigenvalue weighted by atomic mass is 32.2. The van der Waals surface area contributed by atoms with Gasteiger partial charge >= 0.3 is 5.97 Å². The zero-order chi connectivity index (χ0) is 18.4. The normalized spacial score (nSPS) is 13.9. The van der Waals surface area contributed by atoms with Crippen molar-refractivity contribution in [1.82, 2.24) is 0 Å². The number of carbonyl (C=O) groups is 1. The maximum absolute atomic E-state index is 13.8. The summed E-state index contributed by atoms with van der Waals surface area (Å²) in [5.74, 6) is -2.99. The Morgan fingerprint density at radius 2 is 1.72 bits per heavy atom. The summed E-state index contributed by atoms with van der Waals surface area (Å²) in [5.41, 5.74) is 6.30. The fourth-order valence-corrected chi connectivity index (χ4v) is 2.90. The lowest BCUT2D eigenvalue weighted by molar-refractivity contribution is -0.150. The van der Waals surface area contributed by atoms with Crippen molar-refractivity contribution in [2.24, 2.45) is 11.7 Å². The summed E-state index contributed by atoms with van der Waals surface area (Å²) in [6, 6.07) is 14.3. The van der Waals surface area contributed by atoms with Crippen molar-refractivity contribution < 1.29 is 26.9 Å². The molecular weight excluding hydrogens is 349 g/mol. The standard InChI is InChI=1S/C17H18FNO5S/c18-15-9-5-4-8-13(15)10-14(16(19)25(21,22)23)17(20)24-11-12-6-2-1-3-7-12/h1-9,14,16H,10-11,19H2,(H,21,22,23). The molecule has 2 atom stereocenters. The summed E-state index contributed by atoms with van der Waals surface area (Å²) >= 11 is 0. The molecule has 0 heterocycles. The molecule has 2 aromatic carbocycles. The molecule has 0 fully saturated rings. The number of ether oxygens (including phenoxy) is 1. The monoisotopic (exact) mass is 367 g/mol. The Morgan fingerprint density at radius 1 is 1.12 bits per heavy atom. The average Bonchev–Trinajstić information content (AvgIpc) is 2.58. The van der Waals surface area contributed by atoms with Crippen LogP contribution in [0.2, 0.25) is 0 Å². The van der Waals surface area contributed by atoms with Crippen LogP contribution in [0, 0.1) is 11.7 Å². The molecule has 0 aromatic heterocycles. The summed E-state index contributed by atoms with van der Waals surface area (Å²) in [5, 5.41) is -1.92. The summed E-state index contributed by atoms with van der Waals surface area (Å²) < 4.78 is 50.8. The average molecular weight is 367 g/mol. The molecule has 0 amide bonds. The van der Waals surface area contributed by atoms with Crippen LogP contribution >= 0.6 is 0 Å². The number of carbonyl (C=O) groups excluding carboxylic acids is 1. The Balaban J connectivity index is 2.18. The molecule has 2 rings (SSSR count). The molecule has 0 spiro atoms. The van der Waals surface area contributed by atoms with Crippen LogP contribution < -0.4 is 5.73 Å². The predicted molar refractivity (Wildman–Crippen MR) is 89.4 cm³/mol. The smallest absolute Gasteiger partial charge is 0.312 e. The van der Waals surface area contributed by atoms with E-state index in [1.165, 1.54) is 18.2 Å². The summed E-state index contributed by atoms with van der Waals surface area (Å²) in [6.07, 6.45) is -0.318. The van der Waals surface area contributed by atoms with Crippen molar-refractivity contribution in [3.63, 3.8) is 0 Å². The SMILES string of the molecule is NC(C(Cc1ccccc1F)C(=O)OCc1ccccc1)S(=O)(=O)O. The van der Waals surface area contributed by atoms with Crippen molar-refractivity contribution in [3.05, 3.63) is 71.5 Å². The number of halogens is 1. The lowest BCUT2D eigenvalue weighted by Crippen LogP contribution is -2.43. The van der Waals surface area contributed by atoms with Crippen molar-refractivity contribution >= 4 is 16.1 Å². The van der Waals surface area contributed by atoms with Crippen molar-refractivity contribution in [2.75, 3.05) is 0 Å². The van der Waals surface area contributed by atoms with E-state index in [9.17, 15) is 22.2 Å². The highest BCUT2D eigenvalue weighted by molar-refractivity contribution is 7.86. The van der Waals surface area contributed by atoms with Crippen LogP contribution in [0.1, 0.15) is 11.1 Å². The number of rotatable bonds is 7. The zero-order valence-corrected chi connectivity index (χ0v) is 14.0. The molecule has 6 nitrogen and oxygen atoms in total. The van der Waals surface area contributed by atoms with Gasteiger partial charge in [0.15, 0.2) is 0 Å². The lowest BCUT2D eigenvalue weighted by atomic mass is 9.99. The topological polar surface area (TPSA) is 107 Å². The van der Waals surface area contributed by atoms with Gasteiger partial charge in [-0.15, -0.1) is 0 Å². The van der Waals surface area contributed by atoms with Gasteiger partial charge in [-0.05, 0) is 23.6 Å². The minimum Gasteiger partial charge on any atom is -0.461 e. The van der Waals surface area contributed by atoms with Gasteiger partial charge in [0.1, 0.15) is 17.8 Å². The Labute approximate surface area is 145 Å². The number of nitrogens with two attached hydrogens (primary N) is 1.